The van der Waals surface area contributed by atoms with Crippen LogP contribution in [-0.4, -0.2) is 37.6 Å². The number of aliphatic hydroxyl groups is 1. The molecule has 0 amide bonds. The highest BCUT2D eigenvalue weighted by atomic mass is 35.5. The number of aromatic hydroxyl groups is 2. The monoisotopic (exact) mass is 521 g/mol. The smallest absolute Gasteiger partial charge is 0.417 e. The van der Waals surface area contributed by atoms with E-state index in [1.165, 1.54) is 25.3 Å². The molecule has 0 saturated carbocycles. The molecule has 2 aromatic heterocycles. The molecule has 2 aliphatic rings. The SMILES string of the molecule is C[C@@]12O[C@@](CCOc3ccc(Cl)cn3)(C[C@H]1O)c1c2c(O)n(-c2ccc(C#N)c(C(F)(F)F)c2)c1O. The Morgan fingerprint density at radius 1 is 1.25 bits per heavy atom. The van der Waals surface area contributed by atoms with Gasteiger partial charge in [-0.1, -0.05) is 11.6 Å². The van der Waals surface area contributed by atoms with Gasteiger partial charge >= 0.3 is 6.18 Å². The largest absolute Gasteiger partial charge is 0.494 e. The number of alkyl halides is 3. The van der Waals surface area contributed by atoms with Gasteiger partial charge in [0.15, 0.2) is 0 Å². The van der Waals surface area contributed by atoms with E-state index in [4.69, 9.17) is 26.3 Å². The van der Waals surface area contributed by atoms with Crippen LogP contribution in [0.15, 0.2) is 36.5 Å². The number of hydrogen-bond donors (Lipinski definition) is 3. The number of fused-ring (bicyclic) bond motifs is 5. The summed E-state index contributed by atoms with van der Waals surface area (Å²) in [6.07, 6.45) is -4.29. The molecule has 0 aliphatic carbocycles. The van der Waals surface area contributed by atoms with Crippen LogP contribution >= 0.6 is 11.6 Å². The van der Waals surface area contributed by atoms with E-state index in [-0.39, 0.29) is 42.1 Å². The predicted octanol–water partition coefficient (Wildman–Crippen LogP) is 4.50. The maximum atomic E-state index is 13.5. The summed E-state index contributed by atoms with van der Waals surface area (Å²) in [6.45, 7) is 1.59. The molecule has 5 rings (SSSR count). The van der Waals surface area contributed by atoms with Gasteiger partial charge in [0.25, 0.3) is 0 Å². The van der Waals surface area contributed by atoms with Crippen LogP contribution in [0.2, 0.25) is 5.02 Å². The molecule has 36 heavy (non-hydrogen) atoms. The predicted molar refractivity (Wildman–Crippen MR) is 119 cm³/mol. The molecule has 1 aromatic carbocycles. The second-order valence-corrected chi connectivity index (χ2v) is 9.34. The molecule has 2 aliphatic heterocycles. The molecule has 3 atom stereocenters. The Hall–Kier alpha value is -3.46. The lowest BCUT2D eigenvalue weighted by molar-refractivity contribution is -0.137. The lowest BCUT2D eigenvalue weighted by Gasteiger charge is -2.26. The average Bonchev–Trinajstić information content (AvgIpc) is 3.35. The number of nitriles is 1. The minimum Gasteiger partial charge on any atom is -0.494 e. The number of halogens is 4. The van der Waals surface area contributed by atoms with Crippen LogP contribution in [0.25, 0.3) is 5.69 Å². The van der Waals surface area contributed by atoms with Crippen molar-refractivity contribution in [3.05, 3.63) is 63.8 Å². The summed E-state index contributed by atoms with van der Waals surface area (Å²) in [5.41, 5.74) is -4.46. The van der Waals surface area contributed by atoms with Gasteiger partial charge < -0.3 is 24.8 Å². The number of ether oxygens (including phenoxy) is 2. The summed E-state index contributed by atoms with van der Waals surface area (Å²) >= 11 is 5.83. The molecule has 0 spiro atoms. The van der Waals surface area contributed by atoms with E-state index < -0.39 is 46.4 Å². The molecule has 0 unspecified atom stereocenters. The molecule has 12 heteroatoms. The zero-order chi connectivity index (χ0) is 26.0. The summed E-state index contributed by atoms with van der Waals surface area (Å²) in [4.78, 5) is 4.04. The Kier molecular flexibility index (Phi) is 5.41. The minimum absolute atomic E-state index is 0.0529. The number of benzene rings is 1. The van der Waals surface area contributed by atoms with Crippen molar-refractivity contribution in [1.82, 2.24) is 9.55 Å². The number of rotatable bonds is 5. The van der Waals surface area contributed by atoms with Crippen molar-refractivity contribution < 1.29 is 38.0 Å². The van der Waals surface area contributed by atoms with E-state index in [9.17, 15) is 28.5 Å². The third kappa shape index (κ3) is 3.48. The van der Waals surface area contributed by atoms with Gasteiger partial charge in [0, 0.05) is 25.1 Å². The number of pyridine rings is 1. The van der Waals surface area contributed by atoms with Crippen molar-refractivity contribution in [3.63, 3.8) is 0 Å². The number of hydrogen-bond acceptors (Lipinski definition) is 7. The van der Waals surface area contributed by atoms with Crippen LogP contribution in [0.5, 0.6) is 17.6 Å². The number of nitrogens with zero attached hydrogens (tertiary/aromatic N) is 3. The highest BCUT2D eigenvalue weighted by Gasteiger charge is 2.66. The Bertz CT molecular complexity index is 1400. The van der Waals surface area contributed by atoms with Crippen molar-refractivity contribution in [2.45, 2.75) is 43.2 Å². The van der Waals surface area contributed by atoms with Crippen LogP contribution in [0.3, 0.4) is 0 Å². The van der Waals surface area contributed by atoms with Crippen LogP contribution in [-0.2, 0) is 22.1 Å². The molecule has 188 valence electrons. The van der Waals surface area contributed by atoms with Crippen LogP contribution in [0, 0.1) is 11.3 Å². The summed E-state index contributed by atoms with van der Waals surface area (Å²) in [5, 5.41) is 42.5. The van der Waals surface area contributed by atoms with Gasteiger partial charge in [0.2, 0.25) is 17.6 Å². The Morgan fingerprint density at radius 3 is 2.61 bits per heavy atom. The molecule has 3 aromatic rings. The van der Waals surface area contributed by atoms with Crippen molar-refractivity contribution >= 4 is 11.6 Å². The molecule has 0 radical (unpaired) electrons. The fourth-order valence-electron chi connectivity index (χ4n) is 5.14. The lowest BCUT2D eigenvalue weighted by Crippen LogP contribution is -2.33. The molecule has 1 fully saturated rings. The van der Waals surface area contributed by atoms with Gasteiger partial charge in [-0.15, -0.1) is 0 Å². The van der Waals surface area contributed by atoms with Crippen molar-refractivity contribution in [2.24, 2.45) is 0 Å². The van der Waals surface area contributed by atoms with Crippen molar-refractivity contribution in [2.75, 3.05) is 6.61 Å². The summed E-state index contributed by atoms with van der Waals surface area (Å²) in [7, 11) is 0. The lowest BCUT2D eigenvalue weighted by atomic mass is 9.76. The molecule has 3 N–H and O–H groups in total. The van der Waals surface area contributed by atoms with E-state index in [1.807, 2.05) is 0 Å². The number of aromatic nitrogens is 2. The fourth-order valence-corrected chi connectivity index (χ4v) is 5.25. The first-order valence-electron chi connectivity index (χ1n) is 10.8. The first-order valence-corrected chi connectivity index (χ1v) is 11.2. The minimum atomic E-state index is -4.83. The normalized spacial score (nSPS) is 24.5. The Balaban J connectivity index is 1.56. The first-order chi connectivity index (χ1) is 16.9. The van der Waals surface area contributed by atoms with Gasteiger partial charge in [-0.2, -0.15) is 18.4 Å². The standard InChI is InChI=1S/C24H19ClF3N3O5/c1-22-16(32)9-23(36-22,6-7-35-17-5-3-13(25)11-30-17)19-18(22)20(33)31(21(19)34)14-4-2-12(10-29)15(8-14)24(26,27)28/h2-5,8,11,16,32-34H,6-7,9H2,1H3/t16-,22-,23+/m1/s1. The van der Waals surface area contributed by atoms with E-state index in [2.05, 4.69) is 4.98 Å². The second-order valence-electron chi connectivity index (χ2n) is 8.91. The maximum Gasteiger partial charge on any atom is 0.417 e. The quantitative estimate of drug-likeness (QED) is 0.452. The topological polar surface area (TPSA) is 121 Å². The summed E-state index contributed by atoms with van der Waals surface area (Å²) < 4.78 is 53.3. The van der Waals surface area contributed by atoms with Gasteiger partial charge in [0.1, 0.15) is 11.2 Å². The first kappa shape index (κ1) is 24.2. The van der Waals surface area contributed by atoms with Crippen LogP contribution in [0.1, 0.15) is 42.0 Å². The molecular formula is C24H19ClF3N3O5. The van der Waals surface area contributed by atoms with Gasteiger partial charge in [0.05, 0.1) is 51.7 Å². The highest BCUT2D eigenvalue weighted by Crippen LogP contribution is 2.65. The third-order valence-electron chi connectivity index (χ3n) is 6.78. The van der Waals surface area contributed by atoms with Crippen LogP contribution in [0.4, 0.5) is 13.2 Å². The van der Waals surface area contributed by atoms with Gasteiger partial charge in [-0.3, -0.25) is 4.57 Å². The zero-order valence-electron chi connectivity index (χ0n) is 18.7. The van der Waals surface area contributed by atoms with Gasteiger partial charge in [-0.25, -0.2) is 4.98 Å². The number of aliphatic hydroxyl groups excluding tert-OH is 1. The molecule has 8 nitrogen and oxygen atoms in total. The van der Waals surface area contributed by atoms with Crippen LogP contribution < -0.4 is 4.74 Å². The molecule has 1 saturated heterocycles. The summed E-state index contributed by atoms with van der Waals surface area (Å²) in [6, 6.07) is 7.49. The van der Waals surface area contributed by atoms with Gasteiger partial charge in [-0.05, 0) is 31.2 Å². The third-order valence-corrected chi connectivity index (χ3v) is 7.01. The van der Waals surface area contributed by atoms with E-state index in [1.54, 1.807) is 12.1 Å². The average molecular weight is 522 g/mol. The summed E-state index contributed by atoms with van der Waals surface area (Å²) in [5.74, 6) is -0.804. The fraction of sp³-hybridized carbons (Fsp3) is 0.333. The highest BCUT2D eigenvalue weighted by molar-refractivity contribution is 6.30. The molecule has 2 bridgehead atoms. The Labute approximate surface area is 207 Å². The van der Waals surface area contributed by atoms with E-state index in [0.717, 1.165) is 10.6 Å². The second kappa shape index (κ2) is 8.03. The molecule has 4 heterocycles. The maximum absolute atomic E-state index is 13.5. The van der Waals surface area contributed by atoms with E-state index in [0.29, 0.717) is 11.1 Å². The van der Waals surface area contributed by atoms with Crippen molar-refractivity contribution in [3.8, 4) is 29.4 Å². The zero-order valence-corrected chi connectivity index (χ0v) is 19.4. The van der Waals surface area contributed by atoms with E-state index >= 15 is 0 Å². The van der Waals surface area contributed by atoms with Crippen molar-refractivity contribution in [1.29, 1.82) is 5.26 Å². The Morgan fingerprint density at radius 2 is 1.97 bits per heavy atom. The molecular weight excluding hydrogens is 503 g/mol.